The van der Waals surface area contributed by atoms with E-state index in [1.807, 2.05) is 0 Å². The summed E-state index contributed by atoms with van der Waals surface area (Å²) in [6.45, 7) is 5.26. The van der Waals surface area contributed by atoms with Gasteiger partial charge in [-0.3, -0.25) is 0 Å². The van der Waals surface area contributed by atoms with Gasteiger partial charge in [-0.05, 0) is 13.0 Å². The summed E-state index contributed by atoms with van der Waals surface area (Å²) < 4.78 is 10.1. The Balaban J connectivity index is 2.40. The van der Waals surface area contributed by atoms with Crippen LogP contribution >= 0.6 is 0 Å². The van der Waals surface area contributed by atoms with Crippen molar-refractivity contribution in [1.82, 2.24) is 0 Å². The van der Waals surface area contributed by atoms with E-state index in [9.17, 15) is 15.0 Å². The average molecular weight is 224 g/mol. The molecule has 0 aromatic heterocycles. The Hall–Kier alpha value is -1.59. The summed E-state index contributed by atoms with van der Waals surface area (Å²) in [6.07, 6.45) is 0.0791. The molecule has 86 valence electrons. The standard InChI is InChI=1S/C11H12O5/c1-3-4-6-8(12)9(13)7-10(16-6)5(2)15-11(7)14/h3-4,6,8-9,12-13H,2H2,1H3/t6-,8-,9-/m0/s1. The van der Waals surface area contributed by atoms with E-state index in [2.05, 4.69) is 6.58 Å². The predicted octanol–water partition coefficient (Wildman–Crippen LogP) is 0.00770. The van der Waals surface area contributed by atoms with Crippen LogP contribution in [0.5, 0.6) is 0 Å². The number of aliphatic hydroxyl groups is 2. The van der Waals surface area contributed by atoms with Crippen LogP contribution in [0.2, 0.25) is 0 Å². The third-order valence-electron chi connectivity index (χ3n) is 2.53. The highest BCUT2D eigenvalue weighted by Crippen LogP contribution is 2.35. The zero-order chi connectivity index (χ0) is 11.9. The van der Waals surface area contributed by atoms with Gasteiger partial charge in [-0.1, -0.05) is 12.7 Å². The van der Waals surface area contributed by atoms with Crippen LogP contribution in [-0.4, -0.2) is 34.5 Å². The van der Waals surface area contributed by atoms with Gasteiger partial charge in [0.25, 0.3) is 0 Å². The molecular weight excluding hydrogens is 212 g/mol. The number of esters is 1. The zero-order valence-corrected chi connectivity index (χ0v) is 8.71. The lowest BCUT2D eigenvalue weighted by molar-refractivity contribution is -0.135. The Labute approximate surface area is 92.3 Å². The maximum absolute atomic E-state index is 11.3. The Morgan fingerprint density at radius 3 is 2.75 bits per heavy atom. The molecule has 16 heavy (non-hydrogen) atoms. The molecule has 2 N–H and O–H groups in total. The molecule has 3 atom stereocenters. The van der Waals surface area contributed by atoms with E-state index < -0.39 is 24.3 Å². The number of carbonyl (C=O) groups excluding carboxylic acids is 1. The fourth-order valence-electron chi connectivity index (χ4n) is 1.74. The van der Waals surface area contributed by atoms with E-state index in [1.54, 1.807) is 19.1 Å². The molecule has 0 amide bonds. The summed E-state index contributed by atoms with van der Waals surface area (Å²) in [5.41, 5.74) is -0.0572. The Morgan fingerprint density at radius 2 is 2.12 bits per heavy atom. The minimum absolute atomic E-state index is 0.0572. The van der Waals surface area contributed by atoms with Crippen LogP contribution < -0.4 is 0 Å². The van der Waals surface area contributed by atoms with Crippen molar-refractivity contribution in [2.45, 2.75) is 25.2 Å². The lowest BCUT2D eigenvalue weighted by Gasteiger charge is -2.30. The smallest absolute Gasteiger partial charge is 0.346 e. The summed E-state index contributed by atoms with van der Waals surface area (Å²) in [4.78, 5) is 11.3. The Kier molecular flexibility index (Phi) is 2.57. The molecule has 2 heterocycles. The first-order valence-corrected chi connectivity index (χ1v) is 4.87. The molecule has 0 fully saturated rings. The van der Waals surface area contributed by atoms with Crippen molar-refractivity contribution in [3.63, 3.8) is 0 Å². The SMILES string of the molecule is C=C1OC(=O)C2=C1O[C@@H](C=CC)[C@H](O)[C@H]2O. The summed E-state index contributed by atoms with van der Waals surface area (Å²) in [6, 6.07) is 0. The second-order valence-corrected chi connectivity index (χ2v) is 3.60. The number of cyclic esters (lactones) is 1. The molecule has 0 bridgehead atoms. The van der Waals surface area contributed by atoms with Gasteiger partial charge in [0.05, 0.1) is 0 Å². The van der Waals surface area contributed by atoms with Gasteiger partial charge in [0.15, 0.2) is 11.5 Å². The third-order valence-corrected chi connectivity index (χ3v) is 2.53. The third kappa shape index (κ3) is 1.45. The molecule has 0 saturated carbocycles. The van der Waals surface area contributed by atoms with Crippen LogP contribution in [0.25, 0.3) is 0 Å². The first kappa shape index (κ1) is 10.9. The first-order valence-electron chi connectivity index (χ1n) is 4.87. The molecule has 0 aliphatic carbocycles. The highest BCUT2D eigenvalue weighted by Gasteiger charge is 2.45. The highest BCUT2D eigenvalue weighted by molar-refractivity contribution is 5.95. The first-order chi connectivity index (χ1) is 7.56. The number of carbonyl (C=O) groups is 1. The van der Waals surface area contributed by atoms with Gasteiger partial charge >= 0.3 is 5.97 Å². The number of hydrogen-bond acceptors (Lipinski definition) is 5. The van der Waals surface area contributed by atoms with Crippen LogP contribution in [0.1, 0.15) is 6.92 Å². The summed E-state index contributed by atoms with van der Waals surface area (Å²) >= 11 is 0. The zero-order valence-electron chi connectivity index (χ0n) is 8.71. The Morgan fingerprint density at radius 1 is 1.44 bits per heavy atom. The summed E-state index contributed by atoms with van der Waals surface area (Å²) in [7, 11) is 0. The topological polar surface area (TPSA) is 76.0 Å². The number of aliphatic hydroxyl groups excluding tert-OH is 2. The molecular formula is C11H12O5. The van der Waals surface area contributed by atoms with Crippen molar-refractivity contribution in [2.75, 3.05) is 0 Å². The van der Waals surface area contributed by atoms with E-state index in [4.69, 9.17) is 9.47 Å². The fourth-order valence-corrected chi connectivity index (χ4v) is 1.74. The van der Waals surface area contributed by atoms with Gasteiger partial charge in [0, 0.05) is 0 Å². The largest absolute Gasteiger partial charge is 0.479 e. The quantitative estimate of drug-likeness (QED) is 0.484. The van der Waals surface area contributed by atoms with Crippen molar-refractivity contribution in [3.05, 3.63) is 35.8 Å². The number of rotatable bonds is 1. The fraction of sp³-hybridized carbons (Fsp3) is 0.364. The van der Waals surface area contributed by atoms with E-state index >= 15 is 0 Å². The molecule has 0 aromatic rings. The van der Waals surface area contributed by atoms with Gasteiger partial charge in [-0.15, -0.1) is 0 Å². The van der Waals surface area contributed by atoms with Crippen molar-refractivity contribution < 1.29 is 24.5 Å². The number of hydrogen-bond donors (Lipinski definition) is 2. The van der Waals surface area contributed by atoms with Crippen molar-refractivity contribution in [2.24, 2.45) is 0 Å². The molecule has 0 spiro atoms. The predicted molar refractivity (Wildman–Crippen MR) is 54.0 cm³/mol. The van der Waals surface area contributed by atoms with Crippen LogP contribution in [-0.2, 0) is 14.3 Å². The van der Waals surface area contributed by atoms with E-state index in [1.165, 1.54) is 0 Å². The number of allylic oxidation sites excluding steroid dienone is 1. The molecule has 0 aromatic carbocycles. The number of ether oxygens (including phenoxy) is 2. The average Bonchev–Trinajstić information content (AvgIpc) is 2.50. The second-order valence-electron chi connectivity index (χ2n) is 3.60. The second kappa shape index (κ2) is 3.77. The summed E-state index contributed by atoms with van der Waals surface area (Å²) in [5, 5.41) is 19.5. The van der Waals surface area contributed by atoms with Gasteiger partial charge in [-0.2, -0.15) is 0 Å². The van der Waals surface area contributed by atoms with Gasteiger partial charge in [0.1, 0.15) is 23.9 Å². The van der Waals surface area contributed by atoms with Crippen molar-refractivity contribution >= 4 is 5.97 Å². The molecule has 2 aliphatic heterocycles. The summed E-state index contributed by atoms with van der Waals surface area (Å²) in [5.74, 6) is -0.517. The van der Waals surface area contributed by atoms with Crippen LogP contribution in [0.4, 0.5) is 0 Å². The van der Waals surface area contributed by atoms with E-state index in [0.29, 0.717) is 0 Å². The maximum atomic E-state index is 11.3. The highest BCUT2D eigenvalue weighted by atomic mass is 16.6. The molecule has 0 saturated heterocycles. The minimum atomic E-state index is -1.31. The Bertz CT molecular complexity index is 407. The monoisotopic (exact) mass is 224 g/mol. The molecule has 2 rings (SSSR count). The van der Waals surface area contributed by atoms with E-state index in [0.717, 1.165) is 0 Å². The van der Waals surface area contributed by atoms with Gasteiger partial charge in [0.2, 0.25) is 0 Å². The van der Waals surface area contributed by atoms with Crippen LogP contribution in [0.3, 0.4) is 0 Å². The maximum Gasteiger partial charge on any atom is 0.346 e. The van der Waals surface area contributed by atoms with Crippen LogP contribution in [0.15, 0.2) is 35.8 Å². The minimum Gasteiger partial charge on any atom is -0.479 e. The molecule has 0 unspecified atom stereocenters. The van der Waals surface area contributed by atoms with E-state index in [-0.39, 0.29) is 17.1 Å². The lowest BCUT2D eigenvalue weighted by Crippen LogP contribution is -2.43. The lowest BCUT2D eigenvalue weighted by atomic mass is 9.96. The normalized spacial score (nSPS) is 34.1. The molecule has 5 nitrogen and oxygen atoms in total. The molecule has 0 radical (unpaired) electrons. The van der Waals surface area contributed by atoms with Gasteiger partial charge in [-0.25, -0.2) is 4.79 Å². The van der Waals surface area contributed by atoms with Crippen LogP contribution in [0, 0.1) is 0 Å². The molecule has 2 aliphatic rings. The van der Waals surface area contributed by atoms with Crippen molar-refractivity contribution in [3.8, 4) is 0 Å². The van der Waals surface area contributed by atoms with Gasteiger partial charge < -0.3 is 19.7 Å². The van der Waals surface area contributed by atoms with Crippen molar-refractivity contribution in [1.29, 1.82) is 0 Å². The molecule has 5 heteroatoms.